The first-order chi connectivity index (χ1) is 14.0. The maximum atomic E-state index is 5.63. The van der Waals surface area contributed by atoms with Crippen molar-refractivity contribution >= 4 is 17.6 Å². The van der Waals surface area contributed by atoms with Gasteiger partial charge in [0.25, 0.3) is 0 Å². The number of hydrogen-bond donors (Lipinski definition) is 2. The van der Waals surface area contributed by atoms with Gasteiger partial charge in [-0.2, -0.15) is 0 Å². The lowest BCUT2D eigenvalue weighted by Crippen LogP contribution is -2.45. The van der Waals surface area contributed by atoms with Crippen molar-refractivity contribution in [2.45, 2.75) is 44.4 Å². The van der Waals surface area contributed by atoms with Gasteiger partial charge in [0, 0.05) is 47.1 Å². The van der Waals surface area contributed by atoms with Crippen LogP contribution in [0, 0.1) is 0 Å². The highest BCUT2D eigenvalue weighted by Crippen LogP contribution is 2.16. The predicted octanol–water partition coefficient (Wildman–Crippen LogP) is 0.950. The first-order valence-corrected chi connectivity index (χ1v) is 13.9. The number of epoxide rings is 1. The Morgan fingerprint density at radius 1 is 0.862 bits per heavy atom. The normalized spacial score (nSPS) is 16.4. The molecule has 176 valence electrons. The van der Waals surface area contributed by atoms with Crippen LogP contribution in [0.1, 0.15) is 26.2 Å². The summed E-state index contributed by atoms with van der Waals surface area (Å²) in [6.07, 6.45) is 3.13. The van der Waals surface area contributed by atoms with Gasteiger partial charge in [0.15, 0.2) is 0 Å². The summed E-state index contributed by atoms with van der Waals surface area (Å²) in [5.74, 6) is 0. The molecule has 1 aliphatic heterocycles. The Balaban J connectivity index is 0.000000543. The third-order valence-corrected chi connectivity index (χ3v) is 9.94. The van der Waals surface area contributed by atoms with Crippen LogP contribution in [0.2, 0.25) is 12.1 Å². The van der Waals surface area contributed by atoms with Crippen molar-refractivity contribution in [3.63, 3.8) is 0 Å². The molecule has 12 heteroatoms. The van der Waals surface area contributed by atoms with Gasteiger partial charge in [-0.1, -0.05) is 13.3 Å². The highest BCUT2D eigenvalue weighted by Gasteiger charge is 2.38. The van der Waals surface area contributed by atoms with Gasteiger partial charge in [-0.3, -0.25) is 0 Å². The summed E-state index contributed by atoms with van der Waals surface area (Å²) < 4.78 is 42.7. The first-order valence-electron chi connectivity index (χ1n) is 10.1. The van der Waals surface area contributed by atoms with Gasteiger partial charge >= 0.3 is 17.6 Å². The highest BCUT2D eigenvalue weighted by atomic mass is 28.4. The second-order valence-electron chi connectivity index (χ2n) is 6.40. The van der Waals surface area contributed by atoms with Crippen LogP contribution in [0.15, 0.2) is 0 Å². The van der Waals surface area contributed by atoms with Crippen LogP contribution >= 0.6 is 0 Å². The van der Waals surface area contributed by atoms with Crippen LogP contribution < -0.4 is 11.5 Å². The number of nitrogens with two attached hydrogens (primary N) is 2. The zero-order chi connectivity index (χ0) is 22.0. The van der Waals surface area contributed by atoms with Gasteiger partial charge in [0.1, 0.15) is 12.9 Å². The number of rotatable bonds is 18. The lowest BCUT2D eigenvalue weighted by molar-refractivity contribution is -0.0369. The Morgan fingerprint density at radius 3 is 1.90 bits per heavy atom. The van der Waals surface area contributed by atoms with E-state index in [1.54, 1.807) is 28.4 Å². The smallest absolute Gasteiger partial charge is 0.377 e. The Kier molecular flexibility index (Phi) is 17.7. The van der Waals surface area contributed by atoms with Gasteiger partial charge in [-0.15, -0.1) is 0 Å². The minimum atomic E-state index is -2.46. The molecule has 0 aromatic heterocycles. The molecule has 1 fully saturated rings. The van der Waals surface area contributed by atoms with Crippen molar-refractivity contribution in [3.05, 3.63) is 0 Å². The second kappa shape index (κ2) is 17.7. The maximum Gasteiger partial charge on any atom is 0.502 e. The molecule has 0 radical (unpaired) electrons. The monoisotopic (exact) mass is 458 g/mol. The van der Waals surface area contributed by atoms with Crippen LogP contribution in [0.5, 0.6) is 0 Å². The largest absolute Gasteiger partial charge is 0.502 e. The van der Waals surface area contributed by atoms with E-state index in [-0.39, 0.29) is 12.9 Å². The summed E-state index contributed by atoms with van der Waals surface area (Å²) >= 11 is 0. The van der Waals surface area contributed by atoms with Gasteiger partial charge < -0.3 is 47.5 Å². The lowest BCUT2D eigenvalue weighted by atomic mass is 10.3. The van der Waals surface area contributed by atoms with Crippen molar-refractivity contribution in [3.8, 4) is 0 Å². The van der Waals surface area contributed by atoms with Crippen molar-refractivity contribution in [2.75, 3.05) is 68.1 Å². The standard InChI is InChI=1S/C9H20O5Si.C8H22N2O3Si/c1-4-5-15(10-2,11-3)14-8-12-6-9-7-13-9;1-11-14(12-2,8-6-10)13-7-4-3-5-9/h9H,4-8H2,1-3H3;3-10H2,1-2H3. The Labute approximate surface area is 178 Å². The van der Waals surface area contributed by atoms with Crippen molar-refractivity contribution in [2.24, 2.45) is 11.5 Å². The van der Waals surface area contributed by atoms with Gasteiger partial charge in [0.2, 0.25) is 0 Å². The van der Waals surface area contributed by atoms with Crippen molar-refractivity contribution in [1.82, 2.24) is 0 Å². The second-order valence-corrected chi connectivity index (χ2v) is 12.3. The van der Waals surface area contributed by atoms with E-state index in [2.05, 4.69) is 6.92 Å². The molecule has 0 aromatic carbocycles. The molecule has 0 aliphatic carbocycles. The van der Waals surface area contributed by atoms with Crippen molar-refractivity contribution in [1.29, 1.82) is 0 Å². The van der Waals surface area contributed by atoms with Crippen LogP contribution in [0.3, 0.4) is 0 Å². The average Bonchev–Trinajstić information content (AvgIpc) is 3.58. The van der Waals surface area contributed by atoms with Crippen LogP contribution in [-0.4, -0.2) is 91.9 Å². The fourth-order valence-electron chi connectivity index (χ4n) is 2.39. The van der Waals surface area contributed by atoms with Crippen LogP contribution in [0.4, 0.5) is 0 Å². The fourth-order valence-corrected chi connectivity index (χ4v) is 5.98. The molecule has 1 rings (SSSR count). The topological polar surface area (TPSA) is 129 Å². The molecule has 1 saturated heterocycles. The summed E-state index contributed by atoms with van der Waals surface area (Å²) in [6, 6.07) is 1.46. The predicted molar refractivity (Wildman–Crippen MR) is 114 cm³/mol. The fraction of sp³-hybridized carbons (Fsp3) is 1.00. The van der Waals surface area contributed by atoms with Crippen LogP contribution in [0.25, 0.3) is 0 Å². The van der Waals surface area contributed by atoms with E-state index in [9.17, 15) is 0 Å². The molecule has 1 atom stereocenters. The first kappa shape index (κ1) is 29.0. The molecule has 0 amide bonds. The zero-order valence-electron chi connectivity index (χ0n) is 18.8. The molecule has 0 aromatic rings. The van der Waals surface area contributed by atoms with Gasteiger partial charge in [-0.05, 0) is 25.9 Å². The van der Waals surface area contributed by atoms with E-state index >= 15 is 0 Å². The molecule has 10 nitrogen and oxygen atoms in total. The Hall–Kier alpha value is 0.0338. The van der Waals surface area contributed by atoms with E-state index in [0.717, 1.165) is 31.9 Å². The quantitative estimate of drug-likeness (QED) is 0.132. The highest BCUT2D eigenvalue weighted by molar-refractivity contribution is 6.61. The molecule has 0 spiro atoms. The Bertz CT molecular complexity index is 373. The molecule has 0 saturated carbocycles. The third-order valence-electron chi connectivity index (χ3n) is 4.24. The van der Waals surface area contributed by atoms with E-state index in [1.807, 2.05) is 0 Å². The molecular weight excluding hydrogens is 416 g/mol. The van der Waals surface area contributed by atoms with Gasteiger partial charge in [0.05, 0.1) is 13.2 Å². The van der Waals surface area contributed by atoms with E-state index < -0.39 is 17.6 Å². The van der Waals surface area contributed by atoms with Crippen molar-refractivity contribution < 1.29 is 36.0 Å². The molecule has 1 unspecified atom stereocenters. The summed E-state index contributed by atoms with van der Waals surface area (Å²) in [5.41, 5.74) is 10.8. The molecular formula is C17H42N2O8Si2. The number of unbranched alkanes of at least 4 members (excludes halogenated alkanes) is 1. The summed E-state index contributed by atoms with van der Waals surface area (Å²) in [6.45, 7) is 5.51. The van der Waals surface area contributed by atoms with Crippen LogP contribution in [-0.2, 0) is 36.0 Å². The van der Waals surface area contributed by atoms with Gasteiger partial charge in [-0.25, -0.2) is 0 Å². The SMILES string of the molecule is CCC[Si](OC)(OC)OCOCC1CO1.CO[Si](CCN)(OC)OCCCCN. The molecule has 0 bridgehead atoms. The lowest BCUT2D eigenvalue weighted by Gasteiger charge is -2.25. The Morgan fingerprint density at radius 2 is 1.45 bits per heavy atom. The zero-order valence-corrected chi connectivity index (χ0v) is 20.8. The number of hydrogen-bond acceptors (Lipinski definition) is 10. The molecule has 29 heavy (non-hydrogen) atoms. The third kappa shape index (κ3) is 13.1. The molecule has 4 N–H and O–H groups in total. The summed E-state index contributed by atoms with van der Waals surface area (Å²) in [5, 5.41) is 0. The molecule has 1 aliphatic rings. The van der Waals surface area contributed by atoms with E-state index in [0.29, 0.717) is 32.3 Å². The summed E-state index contributed by atoms with van der Waals surface area (Å²) in [4.78, 5) is 0. The minimum absolute atomic E-state index is 0.216. The summed E-state index contributed by atoms with van der Waals surface area (Å²) in [7, 11) is 1.53. The minimum Gasteiger partial charge on any atom is -0.377 e. The maximum absolute atomic E-state index is 5.63. The van der Waals surface area contributed by atoms with E-state index in [1.165, 1.54) is 0 Å². The number of ether oxygens (including phenoxy) is 2. The van der Waals surface area contributed by atoms with E-state index in [4.69, 9.17) is 47.5 Å². The molecule has 1 heterocycles. The average molecular weight is 459 g/mol.